The van der Waals surface area contributed by atoms with Crippen LogP contribution < -0.4 is 4.72 Å². The zero-order chi connectivity index (χ0) is 26.7. The summed E-state index contributed by atoms with van der Waals surface area (Å²) in [5.74, 6) is -0.970. The zero-order valence-corrected chi connectivity index (χ0v) is 22.4. The van der Waals surface area contributed by atoms with Gasteiger partial charge in [0.15, 0.2) is 0 Å². The number of ether oxygens (including phenoxy) is 1. The monoisotopic (exact) mass is 522 g/mol. The van der Waals surface area contributed by atoms with Crippen LogP contribution in [0.15, 0.2) is 47.4 Å². The van der Waals surface area contributed by atoms with E-state index in [1.54, 1.807) is 6.07 Å². The number of benzene rings is 2. The first-order valence-electron chi connectivity index (χ1n) is 12.3. The Balaban J connectivity index is 1.72. The molecule has 0 fully saturated rings. The third-order valence-electron chi connectivity index (χ3n) is 6.29. The van der Waals surface area contributed by atoms with E-state index in [1.165, 1.54) is 31.2 Å². The van der Waals surface area contributed by atoms with Crippen LogP contribution in [0.4, 0.5) is 19.3 Å². The molecule has 1 amide bonds. The van der Waals surface area contributed by atoms with Crippen LogP contribution >= 0.6 is 0 Å². The summed E-state index contributed by atoms with van der Waals surface area (Å²) in [4.78, 5) is 14.6. The summed E-state index contributed by atoms with van der Waals surface area (Å²) in [5.41, 5.74) is 2.37. The maximum Gasteiger partial charge on any atom is 0.410 e. The van der Waals surface area contributed by atoms with Crippen LogP contribution in [0.3, 0.4) is 0 Å². The standard InChI is InChI=1S/C27H36F2N2O4S/c1-6-15-31(26(32)35-27(3,4)5)23-12-8-20-16-22(11-7-21(20)17-23)30-36(33,34)24-13-9-19(10-14-24)18(2)25(28)29/h7,9-11,13-14,16,18,23,25,30H,6,8,12,15,17H2,1-5H3. The fraction of sp³-hybridized carbons (Fsp3) is 0.519. The summed E-state index contributed by atoms with van der Waals surface area (Å²) < 4.78 is 59.8. The summed E-state index contributed by atoms with van der Waals surface area (Å²) >= 11 is 0. The van der Waals surface area contributed by atoms with Gasteiger partial charge in [0.25, 0.3) is 10.0 Å². The second-order valence-electron chi connectivity index (χ2n) is 10.4. The van der Waals surface area contributed by atoms with E-state index in [1.807, 2.05) is 44.7 Å². The molecule has 1 N–H and O–H groups in total. The van der Waals surface area contributed by atoms with Gasteiger partial charge in [-0.1, -0.05) is 32.0 Å². The average Bonchev–Trinajstić information content (AvgIpc) is 2.80. The van der Waals surface area contributed by atoms with Crippen LogP contribution in [-0.2, 0) is 27.6 Å². The lowest BCUT2D eigenvalue weighted by Gasteiger charge is -2.36. The lowest BCUT2D eigenvalue weighted by atomic mass is 9.87. The van der Waals surface area contributed by atoms with Gasteiger partial charge in [-0.3, -0.25) is 4.72 Å². The van der Waals surface area contributed by atoms with Gasteiger partial charge in [0.05, 0.1) is 4.90 Å². The number of hydrogen-bond donors (Lipinski definition) is 1. The number of nitrogens with one attached hydrogen (secondary N) is 1. The van der Waals surface area contributed by atoms with E-state index in [4.69, 9.17) is 4.74 Å². The van der Waals surface area contributed by atoms with E-state index in [2.05, 4.69) is 4.72 Å². The van der Waals surface area contributed by atoms with Gasteiger partial charge in [-0.25, -0.2) is 22.0 Å². The highest BCUT2D eigenvalue weighted by Gasteiger charge is 2.31. The van der Waals surface area contributed by atoms with Crippen LogP contribution in [-0.4, -0.2) is 44.0 Å². The summed E-state index contributed by atoms with van der Waals surface area (Å²) in [6, 6.07) is 11.0. The van der Waals surface area contributed by atoms with E-state index < -0.39 is 28.0 Å². The third-order valence-corrected chi connectivity index (χ3v) is 7.69. The van der Waals surface area contributed by atoms with Crippen molar-refractivity contribution in [2.24, 2.45) is 0 Å². The number of carbonyl (C=O) groups is 1. The van der Waals surface area contributed by atoms with Crippen LogP contribution in [0.1, 0.15) is 70.1 Å². The Labute approximate surface area is 213 Å². The molecule has 198 valence electrons. The Hall–Kier alpha value is -2.68. The molecule has 0 saturated carbocycles. The van der Waals surface area contributed by atoms with Crippen molar-refractivity contribution in [2.45, 2.75) is 89.2 Å². The molecule has 3 rings (SSSR count). The lowest BCUT2D eigenvalue weighted by molar-refractivity contribution is 0.0146. The second-order valence-corrected chi connectivity index (χ2v) is 12.0. The number of nitrogens with zero attached hydrogens (tertiary/aromatic N) is 1. The Morgan fingerprint density at radius 2 is 1.81 bits per heavy atom. The number of anilines is 1. The smallest absolute Gasteiger partial charge is 0.410 e. The van der Waals surface area contributed by atoms with E-state index in [0.717, 1.165) is 24.0 Å². The highest BCUT2D eigenvalue weighted by Crippen LogP contribution is 2.30. The Morgan fingerprint density at radius 1 is 1.14 bits per heavy atom. The summed E-state index contributed by atoms with van der Waals surface area (Å²) in [7, 11) is -3.87. The minimum absolute atomic E-state index is 0.0121. The number of rotatable bonds is 8. The highest BCUT2D eigenvalue weighted by atomic mass is 32.2. The number of carbonyl (C=O) groups excluding carboxylic acids is 1. The first-order chi connectivity index (χ1) is 16.8. The topological polar surface area (TPSA) is 75.7 Å². The number of halogens is 2. The van der Waals surface area contributed by atoms with Gasteiger partial charge < -0.3 is 9.64 Å². The number of hydrogen-bond acceptors (Lipinski definition) is 4. The quantitative estimate of drug-likeness (QED) is 0.438. The number of alkyl halides is 2. The predicted octanol–water partition coefficient (Wildman–Crippen LogP) is 6.36. The van der Waals surface area contributed by atoms with Crippen molar-refractivity contribution >= 4 is 21.8 Å². The molecule has 0 heterocycles. The van der Waals surface area contributed by atoms with Crippen molar-refractivity contribution < 1.29 is 26.7 Å². The van der Waals surface area contributed by atoms with Crippen molar-refractivity contribution in [1.82, 2.24) is 4.90 Å². The molecule has 36 heavy (non-hydrogen) atoms. The second kappa shape index (κ2) is 11.2. The van der Waals surface area contributed by atoms with Gasteiger partial charge in [0.2, 0.25) is 6.43 Å². The van der Waals surface area contributed by atoms with Gasteiger partial charge in [-0.15, -0.1) is 0 Å². The Morgan fingerprint density at radius 3 is 2.39 bits per heavy atom. The molecule has 6 nitrogen and oxygen atoms in total. The normalized spacial score (nSPS) is 16.8. The number of amides is 1. The molecule has 2 atom stereocenters. The van der Waals surface area contributed by atoms with E-state index in [9.17, 15) is 22.0 Å². The predicted molar refractivity (Wildman–Crippen MR) is 137 cm³/mol. The molecule has 1 aliphatic rings. The molecular weight excluding hydrogens is 486 g/mol. The number of sulfonamides is 1. The largest absolute Gasteiger partial charge is 0.444 e. The maximum absolute atomic E-state index is 12.9. The first kappa shape index (κ1) is 27.9. The van der Waals surface area contributed by atoms with Crippen molar-refractivity contribution in [3.05, 3.63) is 59.2 Å². The number of aryl methyl sites for hydroxylation is 1. The van der Waals surface area contributed by atoms with Crippen molar-refractivity contribution in [3.8, 4) is 0 Å². The molecule has 0 aliphatic heterocycles. The molecule has 1 aliphatic carbocycles. The third kappa shape index (κ3) is 6.96. The molecule has 2 aromatic rings. The van der Waals surface area contributed by atoms with Crippen LogP contribution in [0.5, 0.6) is 0 Å². The fourth-order valence-corrected chi connectivity index (χ4v) is 5.41. The van der Waals surface area contributed by atoms with Gasteiger partial charge in [-0.2, -0.15) is 0 Å². The zero-order valence-electron chi connectivity index (χ0n) is 21.6. The fourth-order valence-electron chi connectivity index (χ4n) is 4.36. The molecule has 2 unspecified atom stereocenters. The molecule has 0 saturated heterocycles. The van der Waals surface area contributed by atoms with E-state index in [0.29, 0.717) is 30.6 Å². The van der Waals surface area contributed by atoms with Crippen LogP contribution in [0, 0.1) is 0 Å². The first-order valence-corrected chi connectivity index (χ1v) is 13.8. The maximum atomic E-state index is 12.9. The molecule has 0 aromatic heterocycles. The van der Waals surface area contributed by atoms with Crippen LogP contribution in [0.2, 0.25) is 0 Å². The summed E-state index contributed by atoms with van der Waals surface area (Å²) in [6.45, 7) is 9.60. The minimum atomic E-state index is -3.87. The van der Waals surface area contributed by atoms with Gasteiger partial charge in [0, 0.05) is 24.2 Å². The molecule has 0 spiro atoms. The molecular formula is C27H36F2N2O4S. The molecule has 2 aromatic carbocycles. The Kier molecular flexibility index (Phi) is 8.64. The SMILES string of the molecule is CCCN(C(=O)OC(C)(C)C)C1CCc2cc(NS(=O)(=O)c3ccc(C(C)C(F)F)cc3)ccc2C1. The van der Waals surface area contributed by atoms with Crippen molar-refractivity contribution in [1.29, 1.82) is 0 Å². The summed E-state index contributed by atoms with van der Waals surface area (Å²) in [6.07, 6.45) is 0.136. The van der Waals surface area contributed by atoms with Crippen LogP contribution in [0.25, 0.3) is 0 Å². The van der Waals surface area contributed by atoms with E-state index in [-0.39, 0.29) is 17.0 Å². The molecule has 9 heteroatoms. The van der Waals surface area contributed by atoms with Gasteiger partial charge in [-0.05, 0) is 87.4 Å². The lowest BCUT2D eigenvalue weighted by Crippen LogP contribution is -2.46. The van der Waals surface area contributed by atoms with E-state index >= 15 is 0 Å². The van der Waals surface area contributed by atoms with Gasteiger partial charge >= 0.3 is 6.09 Å². The number of fused-ring (bicyclic) bond motifs is 1. The van der Waals surface area contributed by atoms with Crippen molar-refractivity contribution in [3.63, 3.8) is 0 Å². The Bertz CT molecular complexity index is 1160. The molecule has 0 bridgehead atoms. The van der Waals surface area contributed by atoms with Gasteiger partial charge in [0.1, 0.15) is 5.60 Å². The van der Waals surface area contributed by atoms with Crippen molar-refractivity contribution in [2.75, 3.05) is 11.3 Å². The highest BCUT2D eigenvalue weighted by molar-refractivity contribution is 7.92. The molecule has 0 radical (unpaired) electrons. The minimum Gasteiger partial charge on any atom is -0.444 e. The summed E-state index contributed by atoms with van der Waals surface area (Å²) in [5, 5.41) is 0. The average molecular weight is 523 g/mol.